The lowest BCUT2D eigenvalue weighted by molar-refractivity contribution is -0.140. The number of ether oxygens (including phenoxy) is 1. The molecule has 1 N–H and O–H groups in total. The summed E-state index contributed by atoms with van der Waals surface area (Å²) in [7, 11) is 0. The Labute approximate surface area is 147 Å². The molecule has 2 aromatic rings. The Morgan fingerprint density at radius 1 is 1.38 bits per heavy atom. The van der Waals surface area contributed by atoms with E-state index in [-0.39, 0.29) is 6.54 Å². The van der Waals surface area contributed by atoms with E-state index in [9.17, 15) is 18.7 Å². The van der Waals surface area contributed by atoms with Crippen molar-refractivity contribution in [3.63, 3.8) is 0 Å². The van der Waals surface area contributed by atoms with Crippen molar-refractivity contribution in [2.45, 2.75) is 44.4 Å². The number of aliphatic hydroxyl groups is 1. The first-order chi connectivity index (χ1) is 12.4. The Kier molecular flexibility index (Phi) is 4.13. The standard InChI is InChI=1S/C16H19F2N5O3/c1-10-3-5-22(15(25)20-10)14-16(17,18)13(24)12(26-14)9-21-6-7-23-11(8-21)2-4-19-23/h2-5,12-14,24H,6-9H2,1H3/t12-,13-,14-/m1/s1. The van der Waals surface area contributed by atoms with E-state index in [1.807, 2.05) is 15.6 Å². The van der Waals surface area contributed by atoms with Crippen molar-refractivity contribution in [1.29, 1.82) is 0 Å². The molecule has 1 fully saturated rings. The van der Waals surface area contributed by atoms with Gasteiger partial charge in [-0.3, -0.25) is 14.1 Å². The molecule has 0 amide bonds. The summed E-state index contributed by atoms with van der Waals surface area (Å²) in [5.74, 6) is -3.59. The summed E-state index contributed by atoms with van der Waals surface area (Å²) >= 11 is 0. The van der Waals surface area contributed by atoms with Crippen LogP contribution < -0.4 is 5.69 Å². The van der Waals surface area contributed by atoms with E-state index in [1.54, 1.807) is 13.1 Å². The molecule has 4 rings (SSSR count). The molecular formula is C16H19F2N5O3. The van der Waals surface area contributed by atoms with E-state index in [1.165, 1.54) is 12.3 Å². The van der Waals surface area contributed by atoms with Gasteiger partial charge in [0.05, 0.1) is 12.2 Å². The van der Waals surface area contributed by atoms with Gasteiger partial charge in [0.25, 0.3) is 0 Å². The van der Waals surface area contributed by atoms with Gasteiger partial charge in [0.1, 0.15) is 12.2 Å². The zero-order valence-corrected chi connectivity index (χ0v) is 14.1. The number of hydrogen-bond donors (Lipinski definition) is 1. The minimum Gasteiger partial charge on any atom is -0.384 e. The number of aliphatic hydroxyl groups excluding tert-OH is 1. The molecule has 0 radical (unpaired) electrons. The molecule has 2 aromatic heterocycles. The monoisotopic (exact) mass is 367 g/mol. The number of halogens is 2. The van der Waals surface area contributed by atoms with Crippen LogP contribution in [-0.2, 0) is 17.8 Å². The summed E-state index contributed by atoms with van der Waals surface area (Å²) in [6.45, 7) is 3.52. The van der Waals surface area contributed by atoms with Gasteiger partial charge in [-0.25, -0.2) is 4.79 Å². The zero-order chi connectivity index (χ0) is 18.5. The Morgan fingerprint density at radius 2 is 2.19 bits per heavy atom. The van der Waals surface area contributed by atoms with Crippen LogP contribution in [0.4, 0.5) is 8.78 Å². The summed E-state index contributed by atoms with van der Waals surface area (Å²) in [6, 6.07) is 3.32. The van der Waals surface area contributed by atoms with E-state index in [2.05, 4.69) is 10.1 Å². The lowest BCUT2D eigenvalue weighted by Crippen LogP contribution is -2.45. The lowest BCUT2D eigenvalue weighted by atomic mass is 10.1. The fourth-order valence-corrected chi connectivity index (χ4v) is 3.45. The van der Waals surface area contributed by atoms with Crippen molar-refractivity contribution in [2.75, 3.05) is 13.1 Å². The summed E-state index contributed by atoms with van der Waals surface area (Å²) in [4.78, 5) is 17.6. The van der Waals surface area contributed by atoms with Gasteiger partial charge in [-0.2, -0.15) is 18.9 Å². The van der Waals surface area contributed by atoms with E-state index in [0.717, 1.165) is 10.3 Å². The Balaban J connectivity index is 1.53. The van der Waals surface area contributed by atoms with Crippen molar-refractivity contribution in [3.8, 4) is 0 Å². The lowest BCUT2D eigenvalue weighted by Gasteiger charge is -2.30. The second-order valence-corrected chi connectivity index (χ2v) is 6.69. The molecule has 3 atom stereocenters. The van der Waals surface area contributed by atoms with Crippen LogP contribution in [0.3, 0.4) is 0 Å². The summed E-state index contributed by atoms with van der Waals surface area (Å²) < 4.78 is 37.2. The van der Waals surface area contributed by atoms with Crippen LogP contribution in [0.1, 0.15) is 17.6 Å². The van der Waals surface area contributed by atoms with Gasteiger partial charge in [0.15, 0.2) is 0 Å². The number of nitrogens with zero attached hydrogens (tertiary/aromatic N) is 5. The Morgan fingerprint density at radius 3 is 2.96 bits per heavy atom. The SMILES string of the molecule is Cc1ccn([C@@H]2O[C@H](CN3CCn4nccc4C3)[C@@H](O)C2(F)F)c(=O)n1. The molecule has 8 nitrogen and oxygen atoms in total. The summed E-state index contributed by atoms with van der Waals surface area (Å²) in [5, 5.41) is 14.3. The molecule has 10 heteroatoms. The number of rotatable bonds is 3. The first kappa shape index (κ1) is 17.3. The third kappa shape index (κ3) is 2.83. The second-order valence-electron chi connectivity index (χ2n) is 6.69. The minimum absolute atomic E-state index is 0.131. The molecule has 0 unspecified atom stereocenters. The molecule has 1 saturated heterocycles. The van der Waals surface area contributed by atoms with Gasteiger partial charge < -0.3 is 9.84 Å². The van der Waals surface area contributed by atoms with Crippen LogP contribution in [-0.4, -0.2) is 60.6 Å². The summed E-state index contributed by atoms with van der Waals surface area (Å²) in [6.07, 6.45) is -2.08. The maximum Gasteiger partial charge on any atom is 0.350 e. The number of alkyl halides is 2. The molecule has 0 saturated carbocycles. The molecule has 2 aliphatic heterocycles. The largest absolute Gasteiger partial charge is 0.384 e. The molecule has 0 aromatic carbocycles. The van der Waals surface area contributed by atoms with Gasteiger partial charge in [-0.15, -0.1) is 0 Å². The highest BCUT2D eigenvalue weighted by molar-refractivity contribution is 5.05. The van der Waals surface area contributed by atoms with Crippen molar-refractivity contribution < 1.29 is 18.6 Å². The number of aromatic nitrogens is 4. The van der Waals surface area contributed by atoms with Gasteiger partial charge in [-0.05, 0) is 19.1 Å². The van der Waals surface area contributed by atoms with Crippen LogP contribution in [0, 0.1) is 6.92 Å². The van der Waals surface area contributed by atoms with Crippen LogP contribution in [0.5, 0.6) is 0 Å². The number of aryl methyl sites for hydroxylation is 1. The molecule has 0 bridgehead atoms. The van der Waals surface area contributed by atoms with Crippen LogP contribution in [0.2, 0.25) is 0 Å². The van der Waals surface area contributed by atoms with Crippen LogP contribution >= 0.6 is 0 Å². The highest BCUT2D eigenvalue weighted by Gasteiger charge is 2.59. The van der Waals surface area contributed by atoms with Gasteiger partial charge >= 0.3 is 11.6 Å². The normalized spacial score (nSPS) is 28.2. The molecule has 0 spiro atoms. The van der Waals surface area contributed by atoms with Crippen LogP contribution in [0.15, 0.2) is 29.3 Å². The Hall–Kier alpha value is -2.17. The van der Waals surface area contributed by atoms with Gasteiger partial charge in [0.2, 0.25) is 6.23 Å². The van der Waals surface area contributed by atoms with Crippen LogP contribution in [0.25, 0.3) is 0 Å². The second kappa shape index (κ2) is 6.22. The maximum absolute atomic E-state index is 14.6. The van der Waals surface area contributed by atoms with Crippen molar-refractivity contribution in [2.24, 2.45) is 0 Å². The molecular weight excluding hydrogens is 348 g/mol. The average Bonchev–Trinajstić information content (AvgIpc) is 3.13. The van der Waals surface area contributed by atoms with E-state index in [4.69, 9.17) is 4.74 Å². The van der Waals surface area contributed by atoms with E-state index >= 15 is 0 Å². The smallest absolute Gasteiger partial charge is 0.350 e. The fourth-order valence-electron chi connectivity index (χ4n) is 3.45. The van der Waals surface area contributed by atoms with Gasteiger partial charge in [-0.1, -0.05) is 0 Å². The quantitative estimate of drug-likeness (QED) is 0.832. The third-order valence-corrected chi connectivity index (χ3v) is 4.86. The highest BCUT2D eigenvalue weighted by Crippen LogP contribution is 2.42. The number of fused-ring (bicyclic) bond motifs is 1. The molecule has 4 heterocycles. The van der Waals surface area contributed by atoms with Gasteiger partial charge in [0, 0.05) is 37.7 Å². The topological polar surface area (TPSA) is 85.4 Å². The zero-order valence-electron chi connectivity index (χ0n) is 14.1. The number of hydrogen-bond acceptors (Lipinski definition) is 6. The van der Waals surface area contributed by atoms with E-state index in [0.29, 0.717) is 25.3 Å². The molecule has 140 valence electrons. The predicted octanol–water partition coefficient (Wildman–Crippen LogP) is 0.158. The molecule has 26 heavy (non-hydrogen) atoms. The summed E-state index contributed by atoms with van der Waals surface area (Å²) in [5.41, 5.74) is 0.574. The van der Waals surface area contributed by atoms with Crippen molar-refractivity contribution in [1.82, 2.24) is 24.2 Å². The average molecular weight is 367 g/mol. The highest BCUT2D eigenvalue weighted by atomic mass is 19.3. The Bertz CT molecular complexity index is 868. The van der Waals surface area contributed by atoms with Crippen molar-refractivity contribution in [3.05, 3.63) is 46.4 Å². The first-order valence-corrected chi connectivity index (χ1v) is 8.36. The first-order valence-electron chi connectivity index (χ1n) is 8.36. The molecule has 0 aliphatic carbocycles. The fraction of sp³-hybridized carbons (Fsp3) is 0.562. The third-order valence-electron chi connectivity index (χ3n) is 4.86. The maximum atomic E-state index is 14.6. The predicted molar refractivity (Wildman–Crippen MR) is 85.6 cm³/mol. The minimum atomic E-state index is -3.59. The molecule has 2 aliphatic rings. The van der Waals surface area contributed by atoms with Crippen molar-refractivity contribution >= 4 is 0 Å². The van der Waals surface area contributed by atoms with E-state index < -0.39 is 30.0 Å².